The maximum atomic E-state index is 11.9. The van der Waals surface area contributed by atoms with Crippen LogP contribution in [-0.2, 0) is 14.8 Å². The molecule has 21 heavy (non-hydrogen) atoms. The molecule has 8 heteroatoms. The molecule has 0 saturated carbocycles. The van der Waals surface area contributed by atoms with Crippen LogP contribution in [0.25, 0.3) is 0 Å². The van der Waals surface area contributed by atoms with E-state index in [0.717, 1.165) is 0 Å². The maximum Gasteiger partial charge on any atom is 0.242 e. The van der Waals surface area contributed by atoms with Gasteiger partial charge in [0.25, 0.3) is 0 Å². The first-order chi connectivity index (χ1) is 9.52. The molecule has 0 aliphatic heterocycles. The maximum absolute atomic E-state index is 11.9. The van der Waals surface area contributed by atoms with E-state index in [0.29, 0.717) is 11.3 Å². The Balaban J connectivity index is 3.10. The van der Waals surface area contributed by atoms with E-state index in [-0.39, 0.29) is 22.5 Å². The zero-order valence-corrected chi connectivity index (χ0v) is 13.4. The molecule has 6 N–H and O–H groups in total. The number of nitrogen functional groups attached to an aromatic ring is 1. The summed E-state index contributed by atoms with van der Waals surface area (Å²) in [7, 11) is -3.87. The van der Waals surface area contributed by atoms with Gasteiger partial charge in [-0.05, 0) is 45.4 Å². The first-order valence-corrected chi connectivity index (χ1v) is 8.07. The molecule has 0 aliphatic carbocycles. The van der Waals surface area contributed by atoms with Crippen LogP contribution in [0.4, 0.5) is 11.4 Å². The summed E-state index contributed by atoms with van der Waals surface area (Å²) in [6.45, 7) is 7.00. The van der Waals surface area contributed by atoms with Crippen molar-refractivity contribution in [3.8, 4) is 0 Å². The van der Waals surface area contributed by atoms with Crippen molar-refractivity contribution in [1.82, 2.24) is 5.32 Å². The highest BCUT2D eigenvalue weighted by Crippen LogP contribution is 2.26. The monoisotopic (exact) mass is 314 g/mol. The molecule has 0 radical (unpaired) electrons. The number of nitrogens with two attached hydrogens (primary N) is 2. The highest BCUT2D eigenvalue weighted by atomic mass is 32.2. The quantitative estimate of drug-likeness (QED) is 0.590. The molecule has 0 bridgehead atoms. The highest BCUT2D eigenvalue weighted by Gasteiger charge is 2.19. The van der Waals surface area contributed by atoms with Crippen LogP contribution in [0.2, 0.25) is 0 Å². The lowest BCUT2D eigenvalue weighted by Crippen LogP contribution is -2.41. The summed E-state index contributed by atoms with van der Waals surface area (Å²) in [6.07, 6.45) is 0. The Morgan fingerprint density at radius 1 is 1.24 bits per heavy atom. The van der Waals surface area contributed by atoms with Crippen LogP contribution in [0.1, 0.15) is 26.3 Å². The summed E-state index contributed by atoms with van der Waals surface area (Å²) in [4.78, 5) is 11.8. The van der Waals surface area contributed by atoms with Crippen molar-refractivity contribution in [2.45, 2.75) is 44.7 Å². The van der Waals surface area contributed by atoms with Crippen molar-refractivity contribution in [2.75, 3.05) is 11.1 Å². The van der Waals surface area contributed by atoms with E-state index in [1.165, 1.54) is 6.07 Å². The normalized spacial score (nSPS) is 13.0. The number of anilines is 2. The average molecular weight is 314 g/mol. The molecule has 1 atom stereocenters. The third-order valence-corrected chi connectivity index (χ3v) is 3.92. The highest BCUT2D eigenvalue weighted by molar-refractivity contribution is 7.89. The van der Waals surface area contributed by atoms with Crippen LogP contribution in [0.3, 0.4) is 0 Å². The molecule has 1 aromatic carbocycles. The lowest BCUT2D eigenvalue weighted by atomic mass is 10.1. The molecule has 0 aromatic heterocycles. The van der Waals surface area contributed by atoms with E-state index in [2.05, 4.69) is 10.6 Å². The van der Waals surface area contributed by atoms with E-state index < -0.39 is 16.1 Å². The molecule has 118 valence electrons. The fraction of sp³-hybridized carbons (Fsp3) is 0.462. The second-order valence-corrected chi connectivity index (χ2v) is 6.80. The first kappa shape index (κ1) is 17.3. The van der Waals surface area contributed by atoms with Crippen LogP contribution in [0.15, 0.2) is 17.0 Å². The molecule has 0 aliphatic rings. The van der Waals surface area contributed by atoms with Crippen LogP contribution >= 0.6 is 0 Å². The molecule has 0 heterocycles. The van der Waals surface area contributed by atoms with Gasteiger partial charge in [0.2, 0.25) is 15.9 Å². The molecular weight excluding hydrogens is 292 g/mol. The molecule has 1 amide bonds. The zero-order valence-electron chi connectivity index (χ0n) is 12.6. The number of carbonyl (C=O) groups is 1. The smallest absolute Gasteiger partial charge is 0.242 e. The summed E-state index contributed by atoms with van der Waals surface area (Å²) in [5.74, 6) is -0.191. The van der Waals surface area contributed by atoms with Crippen molar-refractivity contribution in [3.05, 3.63) is 17.7 Å². The van der Waals surface area contributed by atoms with Gasteiger partial charge in [0.15, 0.2) is 0 Å². The van der Waals surface area contributed by atoms with Crippen molar-refractivity contribution in [3.63, 3.8) is 0 Å². The molecule has 1 unspecified atom stereocenters. The van der Waals surface area contributed by atoms with Crippen LogP contribution in [0.5, 0.6) is 0 Å². The van der Waals surface area contributed by atoms with Crippen LogP contribution < -0.4 is 21.5 Å². The van der Waals surface area contributed by atoms with Crippen molar-refractivity contribution in [1.29, 1.82) is 0 Å². The Kier molecular flexibility index (Phi) is 5.19. The topological polar surface area (TPSA) is 127 Å². The Morgan fingerprint density at radius 3 is 2.29 bits per heavy atom. The molecule has 1 rings (SSSR count). The molecule has 0 saturated heterocycles. The second kappa shape index (κ2) is 6.31. The van der Waals surface area contributed by atoms with Crippen molar-refractivity contribution >= 4 is 27.3 Å². The lowest BCUT2D eigenvalue weighted by Gasteiger charge is -2.19. The van der Waals surface area contributed by atoms with Crippen LogP contribution in [-0.4, -0.2) is 26.4 Å². The molecular formula is C13H22N4O3S. The van der Waals surface area contributed by atoms with Gasteiger partial charge in [0.1, 0.15) is 6.04 Å². The minimum atomic E-state index is -3.87. The van der Waals surface area contributed by atoms with Gasteiger partial charge in [-0.25, -0.2) is 13.6 Å². The van der Waals surface area contributed by atoms with Crippen LogP contribution in [0, 0.1) is 6.92 Å². The van der Waals surface area contributed by atoms with Gasteiger partial charge in [0.05, 0.1) is 4.90 Å². The van der Waals surface area contributed by atoms with E-state index in [4.69, 9.17) is 10.9 Å². The fourth-order valence-electron chi connectivity index (χ4n) is 1.86. The Hall–Kier alpha value is -1.80. The number of primary sulfonamides is 1. The predicted octanol–water partition coefficient (Wildman–Crippen LogP) is 0.550. The minimum absolute atomic E-state index is 0.0173. The number of amides is 1. The van der Waals surface area contributed by atoms with E-state index >= 15 is 0 Å². The van der Waals surface area contributed by atoms with E-state index in [1.54, 1.807) is 19.9 Å². The first-order valence-electron chi connectivity index (χ1n) is 6.52. The Morgan fingerprint density at radius 2 is 1.81 bits per heavy atom. The number of hydrogen-bond donors (Lipinski definition) is 4. The molecule has 0 spiro atoms. The van der Waals surface area contributed by atoms with Gasteiger partial charge < -0.3 is 16.4 Å². The summed E-state index contributed by atoms with van der Waals surface area (Å²) in [6, 6.07) is 2.35. The molecule has 0 fully saturated rings. The summed E-state index contributed by atoms with van der Waals surface area (Å²) in [5, 5.41) is 10.9. The molecule has 7 nitrogen and oxygen atoms in total. The van der Waals surface area contributed by atoms with Gasteiger partial charge in [-0.3, -0.25) is 4.79 Å². The Labute approximate surface area is 125 Å². The SMILES string of the molecule is Cc1c(NC(C)C(=O)NC(C)C)cc(N)cc1S(N)(=O)=O. The van der Waals surface area contributed by atoms with Gasteiger partial charge in [-0.1, -0.05) is 0 Å². The van der Waals surface area contributed by atoms with E-state index in [9.17, 15) is 13.2 Å². The van der Waals surface area contributed by atoms with Gasteiger partial charge in [-0.2, -0.15) is 0 Å². The number of carbonyl (C=O) groups excluding carboxylic acids is 1. The predicted molar refractivity (Wildman–Crippen MR) is 83.3 cm³/mol. The summed E-state index contributed by atoms with van der Waals surface area (Å²) in [5.41, 5.74) is 6.84. The third-order valence-electron chi connectivity index (χ3n) is 2.89. The summed E-state index contributed by atoms with van der Waals surface area (Å²) < 4.78 is 23.1. The molecule has 1 aromatic rings. The Bertz CT molecular complexity index is 641. The fourth-order valence-corrected chi connectivity index (χ4v) is 2.70. The summed E-state index contributed by atoms with van der Waals surface area (Å²) >= 11 is 0. The second-order valence-electron chi connectivity index (χ2n) is 5.27. The van der Waals surface area contributed by atoms with Gasteiger partial charge in [-0.15, -0.1) is 0 Å². The van der Waals surface area contributed by atoms with Gasteiger partial charge >= 0.3 is 0 Å². The van der Waals surface area contributed by atoms with Crippen molar-refractivity contribution < 1.29 is 13.2 Å². The zero-order chi connectivity index (χ0) is 16.4. The minimum Gasteiger partial charge on any atom is -0.399 e. The number of sulfonamides is 1. The standard InChI is InChI=1S/C13H22N4O3S/c1-7(2)16-13(18)9(4)17-11-5-10(14)6-12(8(11)3)21(15,19)20/h5-7,9,17H,14H2,1-4H3,(H,16,18)(H2,15,19,20). The number of benzene rings is 1. The van der Waals surface area contributed by atoms with Crippen molar-refractivity contribution in [2.24, 2.45) is 5.14 Å². The van der Waals surface area contributed by atoms with Gasteiger partial charge in [0, 0.05) is 17.4 Å². The number of rotatable bonds is 5. The third kappa shape index (κ3) is 4.61. The van der Waals surface area contributed by atoms with E-state index in [1.807, 2.05) is 13.8 Å². The largest absolute Gasteiger partial charge is 0.399 e. The average Bonchev–Trinajstić information content (AvgIpc) is 2.30. The number of nitrogens with one attached hydrogen (secondary N) is 2. The number of hydrogen-bond acceptors (Lipinski definition) is 5. The lowest BCUT2D eigenvalue weighted by molar-refractivity contribution is -0.122.